The van der Waals surface area contributed by atoms with Gasteiger partial charge in [0.05, 0.1) is 10.8 Å². The summed E-state index contributed by atoms with van der Waals surface area (Å²) in [6.45, 7) is 13.0. The van der Waals surface area contributed by atoms with Gasteiger partial charge in [-0.1, -0.05) is 99.5 Å². The number of aryl methyl sites for hydroxylation is 2. The molecule has 0 aliphatic heterocycles. The Morgan fingerprint density at radius 3 is 1.23 bits per heavy atom. The van der Waals surface area contributed by atoms with Gasteiger partial charge in [0.1, 0.15) is 11.2 Å². The maximum Gasteiger partial charge on any atom is 0.200 e. The minimum Gasteiger partial charge on any atom is -0.456 e. The van der Waals surface area contributed by atoms with Gasteiger partial charge in [0.25, 0.3) is 0 Å². The molecule has 0 spiro atoms. The van der Waals surface area contributed by atoms with E-state index in [1.54, 1.807) is 0 Å². The Kier molecular flexibility index (Phi) is 5.44. The largest absolute Gasteiger partial charge is 0.456 e. The van der Waals surface area contributed by atoms with Crippen LogP contribution in [0.1, 0.15) is 61.1 Å². The SMILES string of the molecule is Cc1ccc(C(C)(C)c2ccc3oc4ccc(C(C)(C)c5ccc(C)cc5)cc4c(=O)c3c2)cc1. The van der Waals surface area contributed by atoms with E-state index in [-0.39, 0.29) is 16.3 Å². The van der Waals surface area contributed by atoms with Crippen LogP contribution in [0.25, 0.3) is 21.9 Å². The van der Waals surface area contributed by atoms with Crippen molar-refractivity contribution >= 4 is 21.9 Å². The Bertz CT molecular complexity index is 1480. The van der Waals surface area contributed by atoms with E-state index in [1.807, 2.05) is 24.3 Å². The first-order valence-corrected chi connectivity index (χ1v) is 12.2. The fourth-order valence-corrected chi connectivity index (χ4v) is 4.91. The molecular weight excluding hydrogens is 428 g/mol. The number of hydrogen-bond donors (Lipinski definition) is 0. The predicted octanol–water partition coefficient (Wildman–Crippen LogP) is 8.21. The van der Waals surface area contributed by atoms with Gasteiger partial charge in [-0.05, 0) is 60.4 Å². The van der Waals surface area contributed by atoms with Crippen LogP contribution in [-0.2, 0) is 10.8 Å². The van der Waals surface area contributed by atoms with Gasteiger partial charge in [-0.3, -0.25) is 4.79 Å². The fourth-order valence-electron chi connectivity index (χ4n) is 4.91. The van der Waals surface area contributed by atoms with Crippen LogP contribution in [-0.4, -0.2) is 0 Å². The Balaban J connectivity index is 1.65. The lowest BCUT2D eigenvalue weighted by atomic mass is 9.77. The molecule has 35 heavy (non-hydrogen) atoms. The summed E-state index contributed by atoms with van der Waals surface area (Å²) >= 11 is 0. The Morgan fingerprint density at radius 2 is 0.857 bits per heavy atom. The molecular formula is C33H32O2. The summed E-state index contributed by atoms with van der Waals surface area (Å²) in [7, 11) is 0. The lowest BCUT2D eigenvalue weighted by molar-refractivity contribution is 0.633. The predicted molar refractivity (Wildman–Crippen MR) is 147 cm³/mol. The van der Waals surface area contributed by atoms with Crippen LogP contribution < -0.4 is 5.43 Å². The molecule has 0 fully saturated rings. The van der Waals surface area contributed by atoms with E-state index in [2.05, 4.69) is 102 Å². The molecule has 2 nitrogen and oxygen atoms in total. The van der Waals surface area contributed by atoms with Gasteiger partial charge < -0.3 is 4.42 Å². The molecule has 1 aromatic heterocycles. The highest BCUT2D eigenvalue weighted by Gasteiger charge is 2.26. The maximum absolute atomic E-state index is 13.7. The van der Waals surface area contributed by atoms with Crippen LogP contribution in [0, 0.1) is 13.8 Å². The normalized spacial score (nSPS) is 12.4. The highest BCUT2D eigenvalue weighted by Crippen LogP contribution is 2.35. The summed E-state index contributed by atoms with van der Waals surface area (Å²) in [5, 5.41) is 1.25. The third-order valence-electron chi connectivity index (χ3n) is 7.66. The van der Waals surface area contributed by atoms with Crippen LogP contribution in [0.5, 0.6) is 0 Å². The Labute approximate surface area is 207 Å². The van der Waals surface area contributed by atoms with E-state index in [9.17, 15) is 4.79 Å². The van der Waals surface area contributed by atoms with Crippen LogP contribution in [0.15, 0.2) is 94.1 Å². The number of fused-ring (bicyclic) bond motifs is 2. The molecule has 4 aromatic carbocycles. The molecule has 0 unspecified atom stereocenters. The molecule has 0 saturated carbocycles. The molecule has 0 aliphatic carbocycles. The fraction of sp³-hybridized carbons (Fsp3) is 0.242. The molecule has 0 aliphatic rings. The average molecular weight is 461 g/mol. The smallest absolute Gasteiger partial charge is 0.200 e. The van der Waals surface area contributed by atoms with Crippen molar-refractivity contribution in [2.24, 2.45) is 0 Å². The van der Waals surface area contributed by atoms with Gasteiger partial charge >= 0.3 is 0 Å². The summed E-state index contributed by atoms with van der Waals surface area (Å²) in [6.07, 6.45) is 0. The first kappa shape index (κ1) is 23.1. The van der Waals surface area contributed by atoms with Crippen molar-refractivity contribution in [2.45, 2.75) is 52.4 Å². The quantitative estimate of drug-likeness (QED) is 0.253. The van der Waals surface area contributed by atoms with Crippen LogP contribution in [0.3, 0.4) is 0 Å². The summed E-state index contributed by atoms with van der Waals surface area (Å²) in [5.74, 6) is 0. The molecule has 5 aromatic rings. The standard InChI is InChI=1S/C33H32O2/c1-21-7-11-23(12-8-21)32(3,4)25-15-17-29-27(19-25)31(34)28-20-26(16-18-30(28)35-29)33(5,6)24-13-9-22(2)10-14-24/h7-20H,1-6H3. The van der Waals surface area contributed by atoms with Crippen LogP contribution in [0.2, 0.25) is 0 Å². The molecule has 0 bridgehead atoms. The van der Waals surface area contributed by atoms with Gasteiger partial charge in [0.2, 0.25) is 5.43 Å². The lowest BCUT2D eigenvalue weighted by Crippen LogP contribution is -2.20. The zero-order chi connectivity index (χ0) is 25.0. The molecule has 0 saturated heterocycles. The first-order valence-electron chi connectivity index (χ1n) is 12.2. The molecule has 0 amide bonds. The summed E-state index contributed by atoms with van der Waals surface area (Å²) in [4.78, 5) is 13.7. The number of rotatable bonds is 4. The third-order valence-corrected chi connectivity index (χ3v) is 7.66. The highest BCUT2D eigenvalue weighted by atomic mass is 16.3. The van der Waals surface area contributed by atoms with E-state index >= 15 is 0 Å². The number of hydrogen-bond acceptors (Lipinski definition) is 2. The molecule has 1 heterocycles. The first-order chi connectivity index (χ1) is 16.6. The minimum absolute atomic E-state index is 0.0179. The zero-order valence-electron chi connectivity index (χ0n) is 21.4. The van der Waals surface area contributed by atoms with Crippen LogP contribution >= 0.6 is 0 Å². The van der Waals surface area contributed by atoms with Gasteiger partial charge in [-0.25, -0.2) is 0 Å². The lowest BCUT2D eigenvalue weighted by Gasteiger charge is -2.27. The van der Waals surface area contributed by atoms with Crippen molar-refractivity contribution < 1.29 is 4.42 Å². The summed E-state index contributed by atoms with van der Waals surface area (Å²) in [5.41, 5.74) is 7.88. The van der Waals surface area contributed by atoms with E-state index in [1.165, 1.54) is 22.3 Å². The van der Waals surface area contributed by atoms with Gasteiger partial charge in [-0.2, -0.15) is 0 Å². The van der Waals surface area contributed by atoms with Crippen molar-refractivity contribution in [3.8, 4) is 0 Å². The maximum atomic E-state index is 13.7. The molecule has 5 rings (SSSR count). The second kappa shape index (κ2) is 8.23. The zero-order valence-corrected chi connectivity index (χ0v) is 21.4. The van der Waals surface area contributed by atoms with E-state index in [4.69, 9.17) is 4.42 Å². The van der Waals surface area contributed by atoms with Gasteiger partial charge in [0, 0.05) is 10.8 Å². The molecule has 0 radical (unpaired) electrons. The second-order valence-electron chi connectivity index (χ2n) is 10.8. The molecule has 0 N–H and O–H groups in total. The van der Waals surface area contributed by atoms with Crippen molar-refractivity contribution in [3.63, 3.8) is 0 Å². The van der Waals surface area contributed by atoms with E-state index < -0.39 is 0 Å². The molecule has 2 heteroatoms. The van der Waals surface area contributed by atoms with Gasteiger partial charge in [0.15, 0.2) is 0 Å². The van der Waals surface area contributed by atoms with Crippen molar-refractivity contribution in [1.82, 2.24) is 0 Å². The Morgan fingerprint density at radius 1 is 0.514 bits per heavy atom. The summed E-state index contributed by atoms with van der Waals surface area (Å²) < 4.78 is 6.21. The summed E-state index contributed by atoms with van der Waals surface area (Å²) in [6, 6.07) is 29.3. The van der Waals surface area contributed by atoms with Gasteiger partial charge in [-0.15, -0.1) is 0 Å². The average Bonchev–Trinajstić information content (AvgIpc) is 2.84. The van der Waals surface area contributed by atoms with Crippen molar-refractivity contribution in [2.75, 3.05) is 0 Å². The topological polar surface area (TPSA) is 30.2 Å². The van der Waals surface area contributed by atoms with Crippen molar-refractivity contribution in [3.05, 3.63) is 129 Å². The van der Waals surface area contributed by atoms with Crippen molar-refractivity contribution in [1.29, 1.82) is 0 Å². The van der Waals surface area contributed by atoms with E-state index in [0.717, 1.165) is 11.1 Å². The third kappa shape index (κ3) is 3.97. The second-order valence-corrected chi connectivity index (χ2v) is 10.8. The number of benzene rings is 4. The highest BCUT2D eigenvalue weighted by molar-refractivity contribution is 5.90. The van der Waals surface area contributed by atoms with E-state index in [0.29, 0.717) is 21.9 Å². The monoisotopic (exact) mass is 460 g/mol. The Hall–Kier alpha value is -3.65. The van der Waals surface area contributed by atoms with Crippen LogP contribution in [0.4, 0.5) is 0 Å². The molecule has 176 valence electrons. The molecule has 0 atom stereocenters. The minimum atomic E-state index is -0.238.